The predicted octanol–water partition coefficient (Wildman–Crippen LogP) is 1.60. The second-order valence-corrected chi connectivity index (χ2v) is 4.96. The van der Waals surface area contributed by atoms with Gasteiger partial charge in [0.15, 0.2) is 6.61 Å². The van der Waals surface area contributed by atoms with Crippen LogP contribution in [0.3, 0.4) is 0 Å². The van der Waals surface area contributed by atoms with Gasteiger partial charge in [-0.25, -0.2) is 4.79 Å². The van der Waals surface area contributed by atoms with E-state index in [4.69, 9.17) is 15.2 Å². The minimum atomic E-state index is -0.505. The Bertz CT molecular complexity index is 500. The molecule has 0 saturated carbocycles. The van der Waals surface area contributed by atoms with Crippen molar-refractivity contribution in [3.05, 3.63) is 23.8 Å². The highest BCUT2D eigenvalue weighted by Gasteiger charge is 2.15. The summed E-state index contributed by atoms with van der Waals surface area (Å²) in [6.45, 7) is 6.37. The van der Waals surface area contributed by atoms with Crippen LogP contribution in [0.25, 0.3) is 0 Å². The molecule has 1 rings (SSSR count). The van der Waals surface area contributed by atoms with Crippen LogP contribution in [-0.2, 0) is 9.53 Å². The minimum Gasteiger partial charge on any atom is -0.483 e. The van der Waals surface area contributed by atoms with E-state index >= 15 is 0 Å². The van der Waals surface area contributed by atoms with Gasteiger partial charge in [-0.15, -0.1) is 0 Å². The van der Waals surface area contributed by atoms with Gasteiger partial charge in [0.1, 0.15) is 11.3 Å². The largest absolute Gasteiger partial charge is 0.483 e. The average molecular weight is 294 g/mol. The summed E-state index contributed by atoms with van der Waals surface area (Å²) in [5.41, 5.74) is 6.37. The summed E-state index contributed by atoms with van der Waals surface area (Å²) in [4.78, 5) is 23.4. The molecule has 1 aromatic rings. The molecule has 0 unspecified atom stereocenters. The molecule has 0 aliphatic carbocycles. The van der Waals surface area contributed by atoms with Gasteiger partial charge in [0.25, 0.3) is 5.91 Å². The topological polar surface area (TPSA) is 90.7 Å². The van der Waals surface area contributed by atoms with Crippen molar-refractivity contribution >= 4 is 17.6 Å². The van der Waals surface area contributed by atoms with Crippen LogP contribution in [0.15, 0.2) is 18.2 Å². The number of ether oxygens (including phenoxy) is 2. The highest BCUT2D eigenvalue weighted by molar-refractivity contribution is 5.93. The maximum absolute atomic E-state index is 11.8. The number of esters is 1. The van der Waals surface area contributed by atoms with E-state index in [1.54, 1.807) is 13.0 Å². The molecule has 116 valence electrons. The third-order valence-electron chi connectivity index (χ3n) is 2.57. The number of hydrogen-bond donors (Lipinski definition) is 2. The van der Waals surface area contributed by atoms with Crippen molar-refractivity contribution in [1.82, 2.24) is 5.32 Å². The zero-order chi connectivity index (χ0) is 15.8. The number of nitrogens with two attached hydrogens (primary N) is 1. The molecule has 1 amide bonds. The fraction of sp³-hybridized carbons (Fsp3) is 0.467. The van der Waals surface area contributed by atoms with Gasteiger partial charge in [0.05, 0.1) is 6.61 Å². The predicted molar refractivity (Wildman–Crippen MR) is 80.2 cm³/mol. The Morgan fingerprint density at radius 1 is 1.33 bits per heavy atom. The lowest BCUT2D eigenvalue weighted by atomic mass is 10.2. The molecule has 0 spiro atoms. The van der Waals surface area contributed by atoms with E-state index in [0.717, 1.165) is 0 Å². The molecule has 0 aliphatic rings. The Hall–Kier alpha value is -2.24. The van der Waals surface area contributed by atoms with Gasteiger partial charge in [-0.05, 0) is 25.0 Å². The summed E-state index contributed by atoms with van der Waals surface area (Å²) in [6.07, 6.45) is 0. The van der Waals surface area contributed by atoms with Gasteiger partial charge < -0.3 is 20.5 Å². The van der Waals surface area contributed by atoms with Gasteiger partial charge in [-0.1, -0.05) is 13.8 Å². The van der Waals surface area contributed by atoms with Crippen molar-refractivity contribution in [2.45, 2.75) is 20.8 Å². The van der Waals surface area contributed by atoms with E-state index in [-0.39, 0.29) is 30.4 Å². The molecule has 0 saturated heterocycles. The second-order valence-electron chi connectivity index (χ2n) is 4.96. The van der Waals surface area contributed by atoms with Crippen LogP contribution >= 0.6 is 0 Å². The van der Waals surface area contributed by atoms with E-state index in [1.807, 2.05) is 13.8 Å². The van der Waals surface area contributed by atoms with E-state index in [1.165, 1.54) is 12.1 Å². The van der Waals surface area contributed by atoms with Gasteiger partial charge >= 0.3 is 5.97 Å². The van der Waals surface area contributed by atoms with Gasteiger partial charge in [0, 0.05) is 18.3 Å². The van der Waals surface area contributed by atoms with Crippen molar-refractivity contribution in [2.24, 2.45) is 5.92 Å². The molecule has 0 radical (unpaired) electrons. The summed E-state index contributed by atoms with van der Waals surface area (Å²) in [5, 5.41) is 2.73. The van der Waals surface area contributed by atoms with Gasteiger partial charge in [0.2, 0.25) is 0 Å². The number of anilines is 1. The van der Waals surface area contributed by atoms with E-state index in [9.17, 15) is 9.59 Å². The number of amides is 1. The number of nitrogens with one attached hydrogen (secondary N) is 1. The molecule has 6 nitrogen and oxygen atoms in total. The normalized spacial score (nSPS) is 10.3. The number of hydrogen-bond acceptors (Lipinski definition) is 5. The second kappa shape index (κ2) is 8.14. The first-order chi connectivity index (χ1) is 9.93. The monoisotopic (exact) mass is 294 g/mol. The van der Waals surface area contributed by atoms with E-state index in [0.29, 0.717) is 18.2 Å². The van der Waals surface area contributed by atoms with Crippen molar-refractivity contribution in [3.63, 3.8) is 0 Å². The Balaban J connectivity index is 2.70. The number of carbonyl (C=O) groups is 2. The molecular formula is C15H22N2O4. The van der Waals surface area contributed by atoms with Crippen LogP contribution in [0.5, 0.6) is 5.75 Å². The van der Waals surface area contributed by atoms with Crippen LogP contribution in [0.4, 0.5) is 5.69 Å². The van der Waals surface area contributed by atoms with E-state index in [2.05, 4.69) is 5.32 Å². The number of carbonyl (C=O) groups excluding carboxylic acids is 2. The molecule has 0 heterocycles. The Labute approximate surface area is 124 Å². The fourth-order valence-electron chi connectivity index (χ4n) is 1.55. The maximum Gasteiger partial charge on any atom is 0.341 e. The molecule has 6 heteroatoms. The lowest BCUT2D eigenvalue weighted by Crippen LogP contribution is -2.32. The highest BCUT2D eigenvalue weighted by atomic mass is 16.5. The summed E-state index contributed by atoms with van der Waals surface area (Å²) in [6, 6.07) is 4.61. The quantitative estimate of drug-likeness (QED) is 0.589. The van der Waals surface area contributed by atoms with Gasteiger partial charge in [-0.2, -0.15) is 0 Å². The van der Waals surface area contributed by atoms with Crippen molar-refractivity contribution in [2.75, 3.05) is 25.5 Å². The number of nitrogen functional groups attached to an aromatic ring is 1. The molecule has 3 N–H and O–H groups in total. The van der Waals surface area contributed by atoms with Crippen LogP contribution in [0.2, 0.25) is 0 Å². The van der Waals surface area contributed by atoms with Crippen molar-refractivity contribution < 1.29 is 19.1 Å². The third-order valence-corrected chi connectivity index (χ3v) is 2.57. The summed E-state index contributed by atoms with van der Waals surface area (Å²) >= 11 is 0. The first-order valence-corrected chi connectivity index (χ1v) is 6.90. The van der Waals surface area contributed by atoms with E-state index < -0.39 is 5.97 Å². The Morgan fingerprint density at radius 3 is 2.67 bits per heavy atom. The van der Waals surface area contributed by atoms with Crippen LogP contribution in [0.1, 0.15) is 31.1 Å². The van der Waals surface area contributed by atoms with Crippen LogP contribution in [0, 0.1) is 5.92 Å². The summed E-state index contributed by atoms with van der Waals surface area (Å²) in [7, 11) is 0. The number of benzene rings is 1. The lowest BCUT2D eigenvalue weighted by Gasteiger charge is -2.12. The highest BCUT2D eigenvalue weighted by Crippen LogP contribution is 2.22. The maximum atomic E-state index is 11.8. The SMILES string of the molecule is CCOC(=O)c1ccc(N)cc1OCC(=O)NCC(C)C. The average Bonchev–Trinajstić information content (AvgIpc) is 2.43. The number of rotatable bonds is 7. The van der Waals surface area contributed by atoms with Gasteiger partial charge in [-0.3, -0.25) is 4.79 Å². The molecule has 0 atom stereocenters. The molecular weight excluding hydrogens is 272 g/mol. The third kappa shape index (κ3) is 5.72. The molecule has 0 bridgehead atoms. The zero-order valence-corrected chi connectivity index (χ0v) is 12.6. The smallest absolute Gasteiger partial charge is 0.341 e. The van der Waals surface area contributed by atoms with Crippen LogP contribution < -0.4 is 15.8 Å². The molecule has 0 aromatic heterocycles. The van der Waals surface area contributed by atoms with Crippen molar-refractivity contribution in [3.8, 4) is 5.75 Å². The first-order valence-electron chi connectivity index (χ1n) is 6.90. The Kier molecular flexibility index (Phi) is 6.52. The first kappa shape index (κ1) is 16.8. The Morgan fingerprint density at radius 2 is 2.05 bits per heavy atom. The van der Waals surface area contributed by atoms with Crippen LogP contribution in [-0.4, -0.2) is 31.6 Å². The summed E-state index contributed by atoms with van der Waals surface area (Å²) in [5.74, 6) is -0.152. The molecule has 1 aromatic carbocycles. The minimum absolute atomic E-state index is 0.178. The summed E-state index contributed by atoms with van der Waals surface area (Å²) < 4.78 is 10.3. The zero-order valence-electron chi connectivity index (χ0n) is 12.6. The molecule has 21 heavy (non-hydrogen) atoms. The lowest BCUT2D eigenvalue weighted by molar-refractivity contribution is -0.123. The molecule has 0 fully saturated rings. The fourth-order valence-corrected chi connectivity index (χ4v) is 1.55. The van der Waals surface area contributed by atoms with Crippen molar-refractivity contribution in [1.29, 1.82) is 0 Å². The molecule has 0 aliphatic heterocycles. The standard InChI is InChI=1S/C15H22N2O4/c1-4-20-15(19)12-6-5-11(16)7-13(12)21-9-14(18)17-8-10(2)3/h5-7,10H,4,8-9,16H2,1-3H3,(H,17,18).